The number of rotatable bonds is 1. The third kappa shape index (κ3) is 1.94. The summed E-state index contributed by atoms with van der Waals surface area (Å²) in [5, 5.41) is 3.40. The van der Waals surface area contributed by atoms with E-state index in [4.69, 9.17) is 0 Å². The first-order valence-corrected chi connectivity index (χ1v) is 8.79. The molecule has 5 nitrogen and oxygen atoms in total. The number of nitrogens with zero attached hydrogens (tertiary/aromatic N) is 2. The number of para-hydroxylation sites is 3. The van der Waals surface area contributed by atoms with Crippen LogP contribution >= 0.6 is 0 Å². The van der Waals surface area contributed by atoms with E-state index in [-0.39, 0.29) is 11.8 Å². The Balaban J connectivity index is 1.85. The first-order chi connectivity index (χ1) is 13.1. The standard InChI is InChI=1S/C22H17N3O2/c1-24-19-14-8-6-12-17(19)22(21(24)27)23-18-13-7-5-11-16(18)20(26)25(22)15-9-3-2-4-10-15/h2-14,23H,1H3. The van der Waals surface area contributed by atoms with E-state index < -0.39 is 5.66 Å². The summed E-state index contributed by atoms with van der Waals surface area (Å²) in [5.74, 6) is -0.385. The maximum atomic E-state index is 13.6. The average Bonchev–Trinajstić information content (AvgIpc) is 2.92. The fourth-order valence-electron chi connectivity index (χ4n) is 4.07. The van der Waals surface area contributed by atoms with Crippen LogP contribution in [0.25, 0.3) is 0 Å². The summed E-state index contributed by atoms with van der Waals surface area (Å²) in [6, 6.07) is 24.2. The van der Waals surface area contributed by atoms with Crippen LogP contribution in [0.4, 0.5) is 17.1 Å². The summed E-state index contributed by atoms with van der Waals surface area (Å²) >= 11 is 0. The normalized spacial score (nSPS) is 20.5. The summed E-state index contributed by atoms with van der Waals surface area (Å²) < 4.78 is 0. The lowest BCUT2D eigenvalue weighted by atomic mass is 9.92. The van der Waals surface area contributed by atoms with Gasteiger partial charge in [0.2, 0.25) is 5.66 Å². The van der Waals surface area contributed by atoms with Gasteiger partial charge in [-0.25, -0.2) is 0 Å². The van der Waals surface area contributed by atoms with E-state index in [2.05, 4.69) is 5.32 Å². The van der Waals surface area contributed by atoms with Gasteiger partial charge < -0.3 is 10.2 Å². The maximum Gasteiger partial charge on any atom is 0.278 e. The highest BCUT2D eigenvalue weighted by molar-refractivity contribution is 6.22. The Morgan fingerprint density at radius 2 is 1.48 bits per heavy atom. The van der Waals surface area contributed by atoms with Gasteiger partial charge in [0.25, 0.3) is 11.8 Å². The number of hydrogen-bond donors (Lipinski definition) is 1. The van der Waals surface area contributed by atoms with Gasteiger partial charge in [0.15, 0.2) is 0 Å². The molecule has 0 radical (unpaired) electrons. The molecule has 0 aromatic heterocycles. The van der Waals surface area contributed by atoms with Crippen LogP contribution in [0, 0.1) is 0 Å². The summed E-state index contributed by atoms with van der Waals surface area (Å²) in [6.07, 6.45) is 0. The van der Waals surface area contributed by atoms with Crippen molar-refractivity contribution in [1.29, 1.82) is 0 Å². The smallest absolute Gasteiger partial charge is 0.278 e. The molecule has 0 saturated carbocycles. The second-order valence-corrected chi connectivity index (χ2v) is 6.74. The van der Waals surface area contributed by atoms with Gasteiger partial charge in [-0.15, -0.1) is 0 Å². The van der Waals surface area contributed by atoms with Crippen LogP contribution in [0.1, 0.15) is 15.9 Å². The minimum Gasteiger partial charge on any atom is -0.350 e. The number of nitrogens with one attached hydrogen (secondary N) is 1. The Kier molecular flexibility index (Phi) is 3.15. The third-order valence-electron chi connectivity index (χ3n) is 5.30. The minimum absolute atomic E-state index is 0.185. The summed E-state index contributed by atoms with van der Waals surface area (Å²) in [6.45, 7) is 0. The van der Waals surface area contributed by atoms with Crippen LogP contribution < -0.4 is 15.1 Å². The van der Waals surface area contributed by atoms with E-state index in [0.717, 1.165) is 11.3 Å². The lowest BCUT2D eigenvalue weighted by Crippen LogP contribution is -2.62. The molecule has 1 N–H and O–H groups in total. The van der Waals surface area contributed by atoms with Gasteiger partial charge in [-0.1, -0.05) is 48.5 Å². The summed E-state index contributed by atoms with van der Waals surface area (Å²) in [7, 11) is 1.74. The van der Waals surface area contributed by atoms with E-state index in [9.17, 15) is 9.59 Å². The Morgan fingerprint density at radius 1 is 0.815 bits per heavy atom. The highest BCUT2D eigenvalue weighted by Crippen LogP contribution is 2.48. The molecule has 3 aromatic carbocycles. The molecule has 1 unspecified atom stereocenters. The number of likely N-dealkylation sites (N-methyl/N-ethyl adjacent to an activating group) is 1. The van der Waals surface area contributed by atoms with Crippen molar-refractivity contribution in [3.05, 3.63) is 90.0 Å². The molecule has 2 aliphatic rings. The number of fused-ring (bicyclic) bond motifs is 3. The molecule has 2 amide bonds. The van der Waals surface area contributed by atoms with Gasteiger partial charge in [-0.2, -0.15) is 0 Å². The van der Waals surface area contributed by atoms with Gasteiger partial charge in [0.1, 0.15) is 0 Å². The molecule has 27 heavy (non-hydrogen) atoms. The highest BCUT2D eigenvalue weighted by Gasteiger charge is 2.58. The van der Waals surface area contributed by atoms with Gasteiger partial charge >= 0.3 is 0 Å². The fraction of sp³-hybridized carbons (Fsp3) is 0.0909. The molecular weight excluding hydrogens is 338 g/mol. The molecular formula is C22H17N3O2. The number of carbonyl (C=O) groups excluding carboxylic acids is 2. The van der Waals surface area contributed by atoms with E-state index in [1.807, 2.05) is 72.8 Å². The molecule has 0 aliphatic carbocycles. The first-order valence-electron chi connectivity index (χ1n) is 8.79. The molecule has 0 fully saturated rings. The van der Waals surface area contributed by atoms with Gasteiger partial charge in [0.05, 0.1) is 11.3 Å². The fourth-order valence-corrected chi connectivity index (χ4v) is 4.07. The van der Waals surface area contributed by atoms with Crippen molar-refractivity contribution in [3.8, 4) is 0 Å². The van der Waals surface area contributed by atoms with Crippen LogP contribution in [-0.4, -0.2) is 18.9 Å². The van der Waals surface area contributed by atoms with Gasteiger partial charge in [-0.05, 0) is 30.3 Å². The van der Waals surface area contributed by atoms with E-state index in [1.54, 1.807) is 22.9 Å². The number of carbonyl (C=O) groups is 2. The lowest BCUT2D eigenvalue weighted by Gasteiger charge is -2.44. The molecule has 2 heterocycles. The zero-order valence-corrected chi connectivity index (χ0v) is 14.7. The second-order valence-electron chi connectivity index (χ2n) is 6.74. The highest BCUT2D eigenvalue weighted by atomic mass is 16.2. The number of hydrogen-bond acceptors (Lipinski definition) is 3. The van der Waals surface area contributed by atoms with E-state index in [0.29, 0.717) is 16.9 Å². The Hall–Kier alpha value is -3.60. The van der Waals surface area contributed by atoms with Crippen molar-refractivity contribution >= 4 is 28.9 Å². The third-order valence-corrected chi connectivity index (χ3v) is 5.30. The summed E-state index contributed by atoms with van der Waals surface area (Å²) in [4.78, 5) is 30.3. The predicted molar refractivity (Wildman–Crippen MR) is 105 cm³/mol. The Labute approximate surface area is 156 Å². The number of amides is 2. The van der Waals surface area contributed by atoms with Crippen LogP contribution in [0.3, 0.4) is 0 Å². The largest absolute Gasteiger partial charge is 0.350 e. The topological polar surface area (TPSA) is 52.7 Å². The monoisotopic (exact) mass is 355 g/mol. The number of benzene rings is 3. The van der Waals surface area contributed by atoms with Gasteiger partial charge in [-0.3, -0.25) is 14.5 Å². The Bertz CT molecular complexity index is 1080. The molecule has 1 spiro atoms. The zero-order chi connectivity index (χ0) is 18.6. The minimum atomic E-state index is -1.31. The SMILES string of the molecule is CN1C(=O)C2(Nc3ccccc3C(=O)N2c2ccccc2)c2ccccc21. The molecule has 1 atom stereocenters. The second kappa shape index (κ2) is 5.45. The van der Waals surface area contributed by atoms with Crippen LogP contribution in [0.15, 0.2) is 78.9 Å². The molecule has 3 aromatic rings. The van der Waals surface area contributed by atoms with Crippen LogP contribution in [-0.2, 0) is 10.5 Å². The van der Waals surface area contributed by atoms with E-state index >= 15 is 0 Å². The maximum absolute atomic E-state index is 13.6. The molecule has 5 heteroatoms. The Morgan fingerprint density at radius 3 is 2.30 bits per heavy atom. The molecule has 5 rings (SSSR count). The van der Waals surface area contributed by atoms with Crippen molar-refractivity contribution in [3.63, 3.8) is 0 Å². The summed E-state index contributed by atoms with van der Waals surface area (Å²) in [5.41, 5.74) is 2.13. The molecule has 0 saturated heterocycles. The van der Waals surface area contributed by atoms with Crippen molar-refractivity contribution in [1.82, 2.24) is 0 Å². The average molecular weight is 355 g/mol. The van der Waals surface area contributed by atoms with Crippen molar-refractivity contribution in [2.75, 3.05) is 22.2 Å². The van der Waals surface area contributed by atoms with E-state index in [1.165, 1.54) is 0 Å². The molecule has 0 bridgehead atoms. The lowest BCUT2D eigenvalue weighted by molar-refractivity contribution is -0.121. The predicted octanol–water partition coefficient (Wildman–Crippen LogP) is 3.59. The van der Waals surface area contributed by atoms with Crippen molar-refractivity contribution < 1.29 is 9.59 Å². The molecule has 2 aliphatic heterocycles. The first kappa shape index (κ1) is 15.6. The molecule has 132 valence electrons. The van der Waals surface area contributed by atoms with Gasteiger partial charge in [0, 0.05) is 24.0 Å². The van der Waals surface area contributed by atoms with Crippen molar-refractivity contribution in [2.24, 2.45) is 0 Å². The van der Waals surface area contributed by atoms with Crippen LogP contribution in [0.2, 0.25) is 0 Å². The van der Waals surface area contributed by atoms with Crippen LogP contribution in [0.5, 0.6) is 0 Å². The van der Waals surface area contributed by atoms with Crippen molar-refractivity contribution in [2.45, 2.75) is 5.66 Å². The zero-order valence-electron chi connectivity index (χ0n) is 14.7. The quantitative estimate of drug-likeness (QED) is 0.726. The number of anilines is 3.